The maximum atomic E-state index is 11.2. The van der Waals surface area contributed by atoms with E-state index in [1.54, 1.807) is 0 Å². The third kappa shape index (κ3) is 1.27. The van der Waals surface area contributed by atoms with Gasteiger partial charge in [0.1, 0.15) is 6.10 Å². The van der Waals surface area contributed by atoms with Gasteiger partial charge in [-0.1, -0.05) is 0 Å². The Hall–Kier alpha value is -0.770. The molecule has 0 saturated carbocycles. The Morgan fingerprint density at radius 2 is 2.50 bits per heavy atom. The first-order chi connectivity index (χ1) is 5.77. The Morgan fingerprint density at radius 1 is 1.67 bits per heavy atom. The molecule has 0 bridgehead atoms. The summed E-state index contributed by atoms with van der Waals surface area (Å²) in [6.45, 7) is 4.62. The Morgan fingerprint density at radius 3 is 3.00 bits per heavy atom. The first kappa shape index (κ1) is 7.86. The molecular weight excluding hydrogens is 156 g/mol. The normalized spacial score (nSPS) is 35.8. The molecule has 0 aromatic heterocycles. The molecular formula is C8H14N2O2. The van der Waals surface area contributed by atoms with E-state index in [1.165, 1.54) is 0 Å². The Labute approximate surface area is 71.9 Å². The first-order valence-electron chi connectivity index (χ1n) is 4.45. The van der Waals surface area contributed by atoms with Gasteiger partial charge in [0.15, 0.2) is 0 Å². The molecule has 68 valence electrons. The molecule has 2 saturated heterocycles. The van der Waals surface area contributed by atoms with Crippen LogP contribution in [-0.2, 0) is 4.74 Å². The van der Waals surface area contributed by atoms with Crippen molar-refractivity contribution in [1.82, 2.24) is 10.2 Å². The van der Waals surface area contributed by atoms with Gasteiger partial charge >= 0.3 is 6.09 Å². The summed E-state index contributed by atoms with van der Waals surface area (Å²) in [6.07, 6.45) is 0.983. The third-order valence-corrected chi connectivity index (χ3v) is 2.47. The van der Waals surface area contributed by atoms with Gasteiger partial charge in [-0.15, -0.1) is 0 Å². The summed E-state index contributed by atoms with van der Waals surface area (Å²) in [7, 11) is 0. The molecule has 2 aliphatic rings. The molecule has 0 aromatic carbocycles. The standard InChI is InChI=1S/C8H14N2O2/c1-6-5-10(8(11)12-6)7-2-3-9-4-7/h6-7,9H,2-5H2,1H3/t6-,7-/m0/s1. The average molecular weight is 170 g/mol. The molecule has 0 radical (unpaired) electrons. The fraction of sp³-hybridized carbons (Fsp3) is 0.875. The van der Waals surface area contributed by atoms with Crippen molar-refractivity contribution in [3.63, 3.8) is 0 Å². The average Bonchev–Trinajstić information content (AvgIpc) is 2.58. The van der Waals surface area contributed by atoms with Crippen molar-refractivity contribution in [2.45, 2.75) is 25.5 Å². The predicted molar refractivity (Wildman–Crippen MR) is 43.9 cm³/mol. The Bertz CT molecular complexity index is 189. The zero-order valence-corrected chi connectivity index (χ0v) is 7.25. The lowest BCUT2D eigenvalue weighted by molar-refractivity contribution is 0.134. The maximum absolute atomic E-state index is 11.2. The molecule has 12 heavy (non-hydrogen) atoms. The quantitative estimate of drug-likeness (QED) is 0.610. The molecule has 0 spiro atoms. The highest BCUT2D eigenvalue weighted by atomic mass is 16.6. The van der Waals surface area contributed by atoms with Crippen LogP contribution < -0.4 is 5.32 Å². The third-order valence-electron chi connectivity index (χ3n) is 2.47. The fourth-order valence-electron chi connectivity index (χ4n) is 1.83. The number of ether oxygens (including phenoxy) is 1. The van der Waals surface area contributed by atoms with Crippen LogP contribution in [0.2, 0.25) is 0 Å². The number of rotatable bonds is 1. The minimum atomic E-state index is -0.142. The molecule has 1 amide bonds. The van der Waals surface area contributed by atoms with Crippen LogP contribution in [0.3, 0.4) is 0 Å². The highest BCUT2D eigenvalue weighted by Gasteiger charge is 2.34. The van der Waals surface area contributed by atoms with E-state index < -0.39 is 0 Å². The zero-order chi connectivity index (χ0) is 8.55. The van der Waals surface area contributed by atoms with Crippen LogP contribution in [0.4, 0.5) is 4.79 Å². The number of amides is 1. The number of carbonyl (C=O) groups excluding carboxylic acids is 1. The van der Waals surface area contributed by atoms with Gasteiger partial charge in [0.2, 0.25) is 0 Å². The smallest absolute Gasteiger partial charge is 0.410 e. The second-order valence-electron chi connectivity index (χ2n) is 3.49. The van der Waals surface area contributed by atoms with Gasteiger partial charge in [0, 0.05) is 12.6 Å². The molecule has 2 aliphatic heterocycles. The van der Waals surface area contributed by atoms with Gasteiger partial charge in [-0.3, -0.25) is 0 Å². The molecule has 2 atom stereocenters. The molecule has 0 aliphatic carbocycles. The summed E-state index contributed by atoms with van der Waals surface area (Å²) >= 11 is 0. The highest BCUT2D eigenvalue weighted by Crippen LogP contribution is 2.17. The number of hydrogen-bond donors (Lipinski definition) is 1. The van der Waals surface area contributed by atoms with Gasteiger partial charge in [-0.2, -0.15) is 0 Å². The van der Waals surface area contributed by atoms with Crippen LogP contribution in [-0.4, -0.2) is 42.8 Å². The van der Waals surface area contributed by atoms with Crippen molar-refractivity contribution in [1.29, 1.82) is 0 Å². The van der Waals surface area contributed by atoms with Gasteiger partial charge in [-0.05, 0) is 19.9 Å². The molecule has 1 N–H and O–H groups in total. The Balaban J connectivity index is 1.98. The summed E-state index contributed by atoms with van der Waals surface area (Å²) < 4.78 is 5.05. The number of nitrogens with one attached hydrogen (secondary N) is 1. The lowest BCUT2D eigenvalue weighted by Crippen LogP contribution is -2.37. The van der Waals surface area contributed by atoms with Crippen LogP contribution in [0.5, 0.6) is 0 Å². The summed E-state index contributed by atoms with van der Waals surface area (Å²) in [5.74, 6) is 0. The molecule has 2 rings (SSSR count). The highest BCUT2D eigenvalue weighted by molar-refractivity contribution is 5.70. The minimum absolute atomic E-state index is 0.0677. The van der Waals surface area contributed by atoms with Crippen molar-refractivity contribution >= 4 is 6.09 Å². The predicted octanol–water partition coefficient (Wildman–Crippen LogP) is 0.189. The van der Waals surface area contributed by atoms with Gasteiger partial charge in [0.05, 0.1) is 6.54 Å². The van der Waals surface area contributed by atoms with Crippen molar-refractivity contribution in [2.75, 3.05) is 19.6 Å². The Kier molecular flexibility index (Phi) is 1.92. The SMILES string of the molecule is C[C@H]1CN([C@H]2CCNC2)C(=O)O1. The summed E-state index contributed by atoms with van der Waals surface area (Å²) in [5.41, 5.74) is 0. The molecule has 2 heterocycles. The fourth-order valence-corrected chi connectivity index (χ4v) is 1.83. The van der Waals surface area contributed by atoms with E-state index in [9.17, 15) is 4.79 Å². The molecule has 0 unspecified atom stereocenters. The van der Waals surface area contributed by atoms with Gasteiger partial charge in [0.25, 0.3) is 0 Å². The van der Waals surface area contributed by atoms with Crippen molar-refractivity contribution < 1.29 is 9.53 Å². The van der Waals surface area contributed by atoms with Gasteiger partial charge in [-0.25, -0.2) is 4.79 Å². The topological polar surface area (TPSA) is 41.6 Å². The summed E-state index contributed by atoms with van der Waals surface area (Å²) in [4.78, 5) is 13.1. The summed E-state index contributed by atoms with van der Waals surface area (Å²) in [6, 6.07) is 0.363. The lowest BCUT2D eigenvalue weighted by atomic mass is 10.2. The van der Waals surface area contributed by atoms with E-state index >= 15 is 0 Å². The van der Waals surface area contributed by atoms with E-state index in [4.69, 9.17) is 4.74 Å². The number of carbonyl (C=O) groups is 1. The zero-order valence-electron chi connectivity index (χ0n) is 7.25. The first-order valence-corrected chi connectivity index (χ1v) is 4.45. The second-order valence-corrected chi connectivity index (χ2v) is 3.49. The van der Waals surface area contributed by atoms with Crippen LogP contribution in [0.25, 0.3) is 0 Å². The van der Waals surface area contributed by atoms with Crippen LogP contribution >= 0.6 is 0 Å². The lowest BCUT2D eigenvalue weighted by Gasteiger charge is -2.19. The number of hydrogen-bond acceptors (Lipinski definition) is 3. The van der Waals surface area contributed by atoms with Crippen molar-refractivity contribution in [2.24, 2.45) is 0 Å². The number of cyclic esters (lactones) is 1. The largest absolute Gasteiger partial charge is 0.444 e. The summed E-state index contributed by atoms with van der Waals surface area (Å²) in [5, 5.41) is 3.24. The number of nitrogens with zero attached hydrogens (tertiary/aromatic N) is 1. The van der Waals surface area contributed by atoms with Gasteiger partial charge < -0.3 is 15.0 Å². The van der Waals surface area contributed by atoms with E-state index in [-0.39, 0.29) is 12.2 Å². The minimum Gasteiger partial charge on any atom is -0.444 e. The molecule has 2 fully saturated rings. The van der Waals surface area contributed by atoms with E-state index in [1.807, 2.05) is 11.8 Å². The van der Waals surface area contributed by atoms with E-state index in [2.05, 4.69) is 5.32 Å². The van der Waals surface area contributed by atoms with E-state index in [0.29, 0.717) is 6.04 Å². The molecule has 4 heteroatoms. The van der Waals surface area contributed by atoms with Crippen LogP contribution in [0.1, 0.15) is 13.3 Å². The molecule has 4 nitrogen and oxygen atoms in total. The van der Waals surface area contributed by atoms with Crippen molar-refractivity contribution in [3.8, 4) is 0 Å². The van der Waals surface area contributed by atoms with Crippen LogP contribution in [0, 0.1) is 0 Å². The maximum Gasteiger partial charge on any atom is 0.410 e. The molecule has 0 aromatic rings. The second kappa shape index (κ2) is 2.94. The van der Waals surface area contributed by atoms with Crippen molar-refractivity contribution in [3.05, 3.63) is 0 Å². The monoisotopic (exact) mass is 170 g/mol. The van der Waals surface area contributed by atoms with Crippen LogP contribution in [0.15, 0.2) is 0 Å². The van der Waals surface area contributed by atoms with E-state index in [0.717, 1.165) is 26.1 Å².